The SMILES string of the molecule is NCC1CCCN(S(=O)(=O)NC2CCCC2)C1. The van der Waals surface area contributed by atoms with Crippen molar-refractivity contribution in [3.63, 3.8) is 0 Å². The highest BCUT2D eigenvalue weighted by atomic mass is 32.2. The van der Waals surface area contributed by atoms with Crippen molar-refractivity contribution in [1.82, 2.24) is 9.03 Å². The highest BCUT2D eigenvalue weighted by molar-refractivity contribution is 7.87. The lowest BCUT2D eigenvalue weighted by atomic mass is 10.0. The zero-order chi connectivity index (χ0) is 12.3. The molecule has 1 unspecified atom stereocenters. The van der Waals surface area contributed by atoms with E-state index in [1.807, 2.05) is 0 Å². The van der Waals surface area contributed by atoms with Gasteiger partial charge in [0.05, 0.1) is 0 Å². The summed E-state index contributed by atoms with van der Waals surface area (Å²) in [6.07, 6.45) is 6.21. The van der Waals surface area contributed by atoms with Gasteiger partial charge in [0, 0.05) is 19.1 Å². The molecule has 17 heavy (non-hydrogen) atoms. The summed E-state index contributed by atoms with van der Waals surface area (Å²) in [6.45, 7) is 1.80. The molecule has 1 saturated carbocycles. The van der Waals surface area contributed by atoms with E-state index in [1.165, 1.54) is 0 Å². The molecular weight excluding hydrogens is 238 g/mol. The van der Waals surface area contributed by atoms with Gasteiger partial charge < -0.3 is 5.73 Å². The smallest absolute Gasteiger partial charge is 0.279 e. The molecule has 0 amide bonds. The highest BCUT2D eigenvalue weighted by Gasteiger charge is 2.30. The fourth-order valence-electron chi connectivity index (χ4n) is 2.77. The van der Waals surface area contributed by atoms with Crippen molar-refractivity contribution in [3.8, 4) is 0 Å². The number of hydrogen-bond donors (Lipinski definition) is 2. The number of nitrogens with zero attached hydrogens (tertiary/aromatic N) is 1. The lowest BCUT2D eigenvalue weighted by molar-refractivity contribution is 0.267. The Morgan fingerprint density at radius 2 is 1.88 bits per heavy atom. The Balaban J connectivity index is 1.94. The minimum atomic E-state index is -3.28. The molecule has 1 atom stereocenters. The minimum Gasteiger partial charge on any atom is -0.330 e. The summed E-state index contributed by atoms with van der Waals surface area (Å²) >= 11 is 0. The summed E-state index contributed by atoms with van der Waals surface area (Å²) in [5.74, 6) is 0.323. The first kappa shape index (κ1) is 13.3. The summed E-state index contributed by atoms with van der Waals surface area (Å²) in [6, 6.07) is 0.151. The van der Waals surface area contributed by atoms with Crippen molar-refractivity contribution >= 4 is 10.2 Å². The minimum absolute atomic E-state index is 0.151. The summed E-state index contributed by atoms with van der Waals surface area (Å²) in [5, 5.41) is 0. The summed E-state index contributed by atoms with van der Waals surface area (Å²) in [7, 11) is -3.28. The first-order chi connectivity index (χ1) is 8.12. The molecule has 1 saturated heterocycles. The van der Waals surface area contributed by atoms with Crippen LogP contribution in [-0.4, -0.2) is 38.4 Å². The van der Waals surface area contributed by atoms with Gasteiger partial charge in [0.1, 0.15) is 0 Å². The normalized spacial score (nSPS) is 28.6. The van der Waals surface area contributed by atoms with E-state index in [0.717, 1.165) is 38.5 Å². The van der Waals surface area contributed by atoms with E-state index in [0.29, 0.717) is 25.6 Å². The average Bonchev–Trinajstić information content (AvgIpc) is 2.81. The topological polar surface area (TPSA) is 75.4 Å². The summed E-state index contributed by atoms with van der Waals surface area (Å²) in [4.78, 5) is 0. The van der Waals surface area contributed by atoms with Crippen LogP contribution in [0.4, 0.5) is 0 Å². The fourth-order valence-corrected chi connectivity index (χ4v) is 4.35. The third-order valence-corrected chi connectivity index (χ3v) is 5.47. The maximum Gasteiger partial charge on any atom is 0.279 e. The molecule has 1 heterocycles. The molecule has 1 aliphatic carbocycles. The Morgan fingerprint density at radius 1 is 1.18 bits per heavy atom. The molecular formula is C11H23N3O2S. The van der Waals surface area contributed by atoms with Crippen LogP contribution in [0, 0.1) is 5.92 Å². The van der Waals surface area contributed by atoms with Crippen LogP contribution in [0.5, 0.6) is 0 Å². The fraction of sp³-hybridized carbons (Fsp3) is 1.00. The molecule has 0 spiro atoms. The molecule has 3 N–H and O–H groups in total. The van der Waals surface area contributed by atoms with Crippen molar-refractivity contribution in [2.75, 3.05) is 19.6 Å². The highest BCUT2D eigenvalue weighted by Crippen LogP contribution is 2.21. The Kier molecular flexibility index (Phi) is 4.41. The lowest BCUT2D eigenvalue weighted by Gasteiger charge is -2.32. The van der Waals surface area contributed by atoms with E-state index >= 15 is 0 Å². The second-order valence-corrected chi connectivity index (χ2v) is 6.91. The van der Waals surface area contributed by atoms with Gasteiger partial charge in [-0.25, -0.2) is 0 Å². The number of piperidine rings is 1. The third kappa shape index (κ3) is 3.40. The monoisotopic (exact) mass is 261 g/mol. The number of nitrogens with one attached hydrogen (secondary N) is 1. The van der Waals surface area contributed by atoms with E-state index in [1.54, 1.807) is 4.31 Å². The lowest BCUT2D eigenvalue weighted by Crippen LogP contribution is -2.49. The van der Waals surface area contributed by atoms with Gasteiger partial charge in [-0.15, -0.1) is 0 Å². The molecule has 5 nitrogen and oxygen atoms in total. The van der Waals surface area contributed by atoms with E-state index in [2.05, 4.69) is 4.72 Å². The van der Waals surface area contributed by atoms with Crippen LogP contribution in [0.3, 0.4) is 0 Å². The first-order valence-corrected chi connectivity index (χ1v) is 8.03. The molecule has 2 fully saturated rings. The predicted molar refractivity (Wildman–Crippen MR) is 67.7 cm³/mol. The van der Waals surface area contributed by atoms with Crippen molar-refractivity contribution in [3.05, 3.63) is 0 Å². The molecule has 1 aliphatic heterocycles. The predicted octanol–water partition coefficient (Wildman–Crippen LogP) is 0.434. The van der Waals surface area contributed by atoms with Gasteiger partial charge in [0.25, 0.3) is 10.2 Å². The second kappa shape index (κ2) is 5.65. The van der Waals surface area contributed by atoms with Crippen LogP contribution < -0.4 is 10.5 Å². The van der Waals surface area contributed by atoms with Crippen LogP contribution in [0.2, 0.25) is 0 Å². The van der Waals surface area contributed by atoms with E-state index in [4.69, 9.17) is 5.73 Å². The first-order valence-electron chi connectivity index (χ1n) is 6.59. The van der Waals surface area contributed by atoms with Gasteiger partial charge in [0.15, 0.2) is 0 Å². The van der Waals surface area contributed by atoms with E-state index in [9.17, 15) is 8.42 Å². The largest absolute Gasteiger partial charge is 0.330 e. The van der Waals surface area contributed by atoms with Crippen LogP contribution in [-0.2, 0) is 10.2 Å². The van der Waals surface area contributed by atoms with Gasteiger partial charge >= 0.3 is 0 Å². The quantitative estimate of drug-likeness (QED) is 0.771. The Morgan fingerprint density at radius 3 is 2.53 bits per heavy atom. The van der Waals surface area contributed by atoms with Crippen molar-refractivity contribution in [1.29, 1.82) is 0 Å². The number of hydrogen-bond acceptors (Lipinski definition) is 3. The van der Waals surface area contributed by atoms with Crippen LogP contribution >= 0.6 is 0 Å². The molecule has 0 bridgehead atoms. The van der Waals surface area contributed by atoms with E-state index < -0.39 is 10.2 Å². The molecule has 2 aliphatic rings. The standard InChI is InChI=1S/C11H23N3O2S/c12-8-10-4-3-7-14(9-10)17(15,16)13-11-5-1-2-6-11/h10-11,13H,1-9,12H2. The van der Waals surface area contributed by atoms with Gasteiger partial charge in [-0.2, -0.15) is 17.4 Å². The van der Waals surface area contributed by atoms with E-state index in [-0.39, 0.29) is 6.04 Å². The second-order valence-electron chi connectivity index (χ2n) is 5.21. The zero-order valence-corrected chi connectivity index (χ0v) is 11.1. The number of nitrogens with two attached hydrogens (primary N) is 1. The Labute approximate surface area is 104 Å². The molecule has 6 heteroatoms. The van der Waals surface area contributed by atoms with Crippen molar-refractivity contribution in [2.45, 2.75) is 44.6 Å². The summed E-state index contributed by atoms with van der Waals surface area (Å²) < 4.78 is 28.8. The van der Waals surface area contributed by atoms with Crippen LogP contribution in [0.15, 0.2) is 0 Å². The maximum absolute atomic E-state index is 12.2. The molecule has 0 aromatic heterocycles. The van der Waals surface area contributed by atoms with Gasteiger partial charge in [-0.1, -0.05) is 12.8 Å². The molecule has 100 valence electrons. The average molecular weight is 261 g/mol. The van der Waals surface area contributed by atoms with Crippen LogP contribution in [0.1, 0.15) is 38.5 Å². The van der Waals surface area contributed by atoms with Crippen molar-refractivity contribution in [2.24, 2.45) is 11.7 Å². The summed E-state index contributed by atoms with van der Waals surface area (Å²) in [5.41, 5.74) is 5.63. The zero-order valence-electron chi connectivity index (χ0n) is 10.3. The van der Waals surface area contributed by atoms with Gasteiger partial charge in [-0.05, 0) is 38.1 Å². The van der Waals surface area contributed by atoms with Gasteiger partial charge in [0.2, 0.25) is 0 Å². The molecule has 0 aromatic rings. The Hall–Kier alpha value is -0.170. The van der Waals surface area contributed by atoms with Crippen molar-refractivity contribution < 1.29 is 8.42 Å². The van der Waals surface area contributed by atoms with Gasteiger partial charge in [-0.3, -0.25) is 0 Å². The number of rotatable bonds is 4. The molecule has 0 aromatic carbocycles. The molecule has 2 rings (SSSR count). The molecule has 0 radical (unpaired) electrons. The maximum atomic E-state index is 12.2. The van der Waals surface area contributed by atoms with Crippen LogP contribution in [0.25, 0.3) is 0 Å². The third-order valence-electron chi connectivity index (χ3n) is 3.83. The Bertz CT molecular complexity index is 339.